The molecule has 0 fully saturated rings. The summed E-state index contributed by atoms with van der Waals surface area (Å²) in [6, 6.07) is 5.19. The average Bonchev–Trinajstić information content (AvgIpc) is 2.24. The molecule has 0 saturated heterocycles. The molecule has 0 aliphatic rings. The van der Waals surface area contributed by atoms with Crippen molar-refractivity contribution in [3.8, 4) is 0 Å². The number of ether oxygens (including phenoxy) is 1. The number of carbonyl (C=O) groups excluding carboxylic acids is 2. The monoisotopic (exact) mass is 253 g/mol. The molecule has 0 saturated carbocycles. The smallest absolute Gasteiger partial charge is 0.408 e. The Morgan fingerprint density at radius 1 is 1.22 bits per heavy atom. The van der Waals surface area contributed by atoms with Gasteiger partial charge in [0.2, 0.25) is 0 Å². The highest BCUT2D eigenvalue weighted by Crippen LogP contribution is 2.15. The van der Waals surface area contributed by atoms with E-state index in [0.717, 1.165) is 0 Å². The molecule has 1 N–H and O–H groups in total. The third-order valence-electron chi connectivity index (χ3n) is 2.02. The number of rotatable bonds is 3. The van der Waals surface area contributed by atoms with Crippen molar-refractivity contribution in [1.82, 2.24) is 5.32 Å². The van der Waals surface area contributed by atoms with Crippen LogP contribution >= 0.6 is 0 Å². The Kier molecular flexibility index (Phi) is 4.42. The normalized spacial score (nSPS) is 12.7. The van der Waals surface area contributed by atoms with Crippen molar-refractivity contribution in [2.24, 2.45) is 0 Å². The fraction of sp³-hybridized carbons (Fsp3) is 0.385. The summed E-state index contributed by atoms with van der Waals surface area (Å²) in [6.45, 7) is 5.05. The van der Waals surface area contributed by atoms with E-state index in [1.807, 2.05) is 0 Å². The van der Waals surface area contributed by atoms with Gasteiger partial charge in [0.05, 0.1) is 0 Å². The molecule has 0 aromatic heterocycles. The van der Waals surface area contributed by atoms with Gasteiger partial charge in [0.25, 0.3) is 0 Å². The van der Waals surface area contributed by atoms with Crippen molar-refractivity contribution >= 4 is 12.1 Å². The molecule has 0 radical (unpaired) electrons. The molecule has 98 valence electrons. The van der Waals surface area contributed by atoms with Crippen molar-refractivity contribution in [3.63, 3.8) is 0 Å². The summed E-state index contributed by atoms with van der Waals surface area (Å²) in [5.41, 5.74) is -0.333. The van der Waals surface area contributed by atoms with Crippen LogP contribution in [0.3, 0.4) is 0 Å². The maximum absolute atomic E-state index is 12.9. The minimum absolute atomic E-state index is 0.371. The first kappa shape index (κ1) is 14.2. The van der Waals surface area contributed by atoms with E-state index >= 15 is 0 Å². The molecule has 1 atom stereocenters. The molecule has 1 aromatic carbocycles. The minimum atomic E-state index is -1.63. The first-order chi connectivity index (χ1) is 8.29. The number of benzene rings is 1. The number of hydrogen-bond donors (Lipinski definition) is 1. The topological polar surface area (TPSA) is 55.4 Å². The lowest BCUT2D eigenvalue weighted by Crippen LogP contribution is -2.37. The van der Waals surface area contributed by atoms with Gasteiger partial charge in [-0.1, -0.05) is 30.3 Å². The van der Waals surface area contributed by atoms with Crippen molar-refractivity contribution in [2.75, 3.05) is 0 Å². The fourth-order valence-corrected chi connectivity index (χ4v) is 1.34. The zero-order valence-corrected chi connectivity index (χ0v) is 10.6. The van der Waals surface area contributed by atoms with Gasteiger partial charge in [-0.25, -0.2) is 4.79 Å². The predicted octanol–water partition coefficient (Wildman–Crippen LogP) is 2.75. The highest BCUT2D eigenvalue weighted by atomic mass is 19.1. The van der Waals surface area contributed by atoms with Crippen LogP contribution in [-0.4, -0.2) is 17.7 Å². The minimum Gasteiger partial charge on any atom is -0.444 e. The number of alkyl carbamates (subject to hydrolysis) is 1. The molecule has 1 unspecified atom stereocenters. The van der Waals surface area contributed by atoms with E-state index in [2.05, 4.69) is 5.32 Å². The van der Waals surface area contributed by atoms with Crippen LogP contribution in [0.4, 0.5) is 9.18 Å². The van der Waals surface area contributed by atoms with Crippen LogP contribution in [0.15, 0.2) is 30.3 Å². The van der Waals surface area contributed by atoms with E-state index in [1.54, 1.807) is 51.1 Å². The average molecular weight is 253 g/mol. The lowest BCUT2D eigenvalue weighted by molar-refractivity contribution is -0.131. The van der Waals surface area contributed by atoms with E-state index in [-0.39, 0.29) is 0 Å². The van der Waals surface area contributed by atoms with Crippen LogP contribution in [0.5, 0.6) is 0 Å². The van der Waals surface area contributed by atoms with Crippen molar-refractivity contribution < 1.29 is 18.7 Å². The maximum Gasteiger partial charge on any atom is 0.408 e. The quantitative estimate of drug-likeness (QED) is 0.843. The Bertz CT molecular complexity index is 426. The second kappa shape index (κ2) is 5.62. The van der Waals surface area contributed by atoms with Crippen LogP contribution in [0.25, 0.3) is 0 Å². The van der Waals surface area contributed by atoms with Crippen LogP contribution < -0.4 is 5.32 Å². The summed E-state index contributed by atoms with van der Waals surface area (Å²) < 4.78 is 17.9. The summed E-state index contributed by atoms with van der Waals surface area (Å²) in [5, 5.41) is 2.20. The molecular weight excluding hydrogens is 237 g/mol. The number of halogens is 1. The van der Waals surface area contributed by atoms with Crippen molar-refractivity contribution in [1.29, 1.82) is 0 Å². The molecule has 0 heterocycles. The summed E-state index contributed by atoms with van der Waals surface area (Å²) >= 11 is 0. The highest BCUT2D eigenvalue weighted by molar-refractivity contribution is 5.82. The van der Waals surface area contributed by atoms with Gasteiger partial charge in [0.1, 0.15) is 11.6 Å². The van der Waals surface area contributed by atoms with E-state index < -0.39 is 23.8 Å². The van der Waals surface area contributed by atoms with Crippen molar-refractivity contribution in [2.45, 2.75) is 32.4 Å². The maximum atomic E-state index is 12.9. The highest BCUT2D eigenvalue weighted by Gasteiger charge is 2.25. The number of carbonyl (C=O) groups is 2. The molecule has 1 rings (SSSR count). The van der Waals surface area contributed by atoms with Crippen LogP contribution in [0.1, 0.15) is 32.4 Å². The van der Waals surface area contributed by atoms with Gasteiger partial charge in [0, 0.05) is 0 Å². The largest absolute Gasteiger partial charge is 0.444 e. The lowest BCUT2D eigenvalue weighted by Gasteiger charge is -2.21. The van der Waals surface area contributed by atoms with E-state index in [0.29, 0.717) is 5.56 Å². The Morgan fingerprint density at radius 3 is 2.22 bits per heavy atom. The Hall–Kier alpha value is -1.91. The first-order valence-electron chi connectivity index (χ1n) is 5.53. The Labute approximate surface area is 105 Å². The van der Waals surface area contributed by atoms with Gasteiger partial charge in [-0.3, -0.25) is 4.79 Å². The second-order valence-corrected chi connectivity index (χ2v) is 4.79. The number of hydrogen-bond acceptors (Lipinski definition) is 3. The van der Waals surface area contributed by atoms with Gasteiger partial charge >= 0.3 is 12.1 Å². The first-order valence-corrected chi connectivity index (χ1v) is 5.53. The number of amides is 1. The second-order valence-electron chi connectivity index (χ2n) is 4.79. The van der Waals surface area contributed by atoms with Crippen LogP contribution in [0.2, 0.25) is 0 Å². The number of nitrogens with one attached hydrogen (secondary N) is 1. The third-order valence-corrected chi connectivity index (χ3v) is 2.02. The van der Waals surface area contributed by atoms with Gasteiger partial charge < -0.3 is 10.1 Å². The molecule has 1 aromatic rings. The molecule has 5 heteroatoms. The molecule has 0 aliphatic heterocycles. The van der Waals surface area contributed by atoms with Gasteiger partial charge in [-0.15, -0.1) is 0 Å². The molecule has 1 amide bonds. The zero-order chi connectivity index (χ0) is 13.8. The van der Waals surface area contributed by atoms with Crippen LogP contribution in [0, 0.1) is 0 Å². The Morgan fingerprint density at radius 2 is 1.78 bits per heavy atom. The van der Waals surface area contributed by atoms with Gasteiger partial charge in [-0.2, -0.15) is 4.39 Å². The van der Waals surface area contributed by atoms with E-state index in [9.17, 15) is 14.0 Å². The third kappa shape index (κ3) is 4.53. The van der Waals surface area contributed by atoms with Crippen LogP contribution in [-0.2, 0) is 9.53 Å². The van der Waals surface area contributed by atoms with E-state index in [4.69, 9.17) is 4.74 Å². The van der Waals surface area contributed by atoms with Gasteiger partial charge in [-0.05, 0) is 26.3 Å². The lowest BCUT2D eigenvalue weighted by atomic mass is 10.1. The fourth-order valence-electron chi connectivity index (χ4n) is 1.34. The molecule has 18 heavy (non-hydrogen) atoms. The summed E-state index contributed by atoms with van der Waals surface area (Å²) in [4.78, 5) is 22.4. The molecule has 0 bridgehead atoms. The van der Waals surface area contributed by atoms with E-state index in [1.165, 1.54) is 0 Å². The van der Waals surface area contributed by atoms with Gasteiger partial charge in [0.15, 0.2) is 0 Å². The molecular formula is C13H16FNO3. The van der Waals surface area contributed by atoms with Crippen molar-refractivity contribution in [3.05, 3.63) is 35.9 Å². The molecule has 0 spiro atoms. The zero-order valence-electron chi connectivity index (χ0n) is 10.6. The Balaban J connectivity index is 2.77. The standard InChI is InChI=1S/C13H16FNO3/c1-13(2,3)18-12(17)15-10(11(14)16)9-7-5-4-6-8-9/h4-8,10H,1-3H3,(H,15,17). The molecule has 4 nitrogen and oxygen atoms in total. The summed E-state index contributed by atoms with van der Waals surface area (Å²) in [7, 11) is 0. The molecule has 0 aliphatic carbocycles. The summed E-state index contributed by atoms with van der Waals surface area (Å²) in [6.07, 6.45) is -0.831. The predicted molar refractivity (Wildman–Crippen MR) is 64.7 cm³/mol. The summed E-state index contributed by atoms with van der Waals surface area (Å²) in [5.74, 6) is 0. The SMILES string of the molecule is CC(C)(C)OC(=O)NC(C(=O)F)c1ccccc1.